The first kappa shape index (κ1) is 20.4. The largest absolute Gasteiger partial charge is 0.360 e. The molecule has 3 N–H and O–H groups in total. The van der Waals surface area contributed by atoms with Crippen LogP contribution in [-0.4, -0.2) is 48.9 Å². The van der Waals surface area contributed by atoms with Gasteiger partial charge in [0, 0.05) is 32.0 Å². The van der Waals surface area contributed by atoms with Crippen molar-refractivity contribution < 1.29 is 19.8 Å². The van der Waals surface area contributed by atoms with Gasteiger partial charge in [-0.25, -0.2) is 4.31 Å². The number of aryl methyl sites for hydroxylation is 1. The van der Waals surface area contributed by atoms with Crippen LogP contribution in [0.25, 0.3) is 0 Å². The van der Waals surface area contributed by atoms with E-state index in [9.17, 15) is 13.9 Å². The lowest BCUT2D eigenvalue weighted by atomic mass is 10.0. The highest BCUT2D eigenvalue weighted by Crippen LogP contribution is 2.47. The molecule has 1 aromatic heterocycles. The van der Waals surface area contributed by atoms with E-state index in [1.54, 1.807) is 10.4 Å². The molecule has 1 amide bonds. The van der Waals surface area contributed by atoms with E-state index in [1.165, 1.54) is 0 Å². The van der Waals surface area contributed by atoms with Gasteiger partial charge in [0.15, 0.2) is 5.69 Å². The van der Waals surface area contributed by atoms with E-state index >= 15 is 0 Å². The van der Waals surface area contributed by atoms with E-state index in [1.807, 2.05) is 37.3 Å². The minimum Gasteiger partial charge on any atom is -0.360 e. The quantitative estimate of drug-likeness (QED) is 0.617. The number of amides is 1. The Labute approximate surface area is 174 Å². The summed E-state index contributed by atoms with van der Waals surface area (Å²) in [5, 5.41) is 6.92. The van der Waals surface area contributed by atoms with Crippen molar-refractivity contribution in [3.05, 3.63) is 53.4 Å². The van der Waals surface area contributed by atoms with Crippen LogP contribution in [0.5, 0.6) is 0 Å². The maximum absolute atomic E-state index is 12.5. The molecule has 2 aliphatic rings. The van der Waals surface area contributed by atoms with Crippen LogP contribution in [0.3, 0.4) is 0 Å². The normalized spacial score (nSPS) is 23.7. The number of aromatic nitrogens is 1. The summed E-state index contributed by atoms with van der Waals surface area (Å²) in [6, 6.07) is 11.6. The van der Waals surface area contributed by atoms with E-state index in [0.29, 0.717) is 43.2 Å². The molecule has 1 saturated heterocycles. The average molecular weight is 422 g/mol. The number of carbonyl (C=O) groups is 1. The minimum atomic E-state index is -2.84. The molecular formula is C21H31N3O4S. The third-order valence-corrected chi connectivity index (χ3v) is 7.82. The van der Waals surface area contributed by atoms with E-state index in [4.69, 9.17) is 4.52 Å². The van der Waals surface area contributed by atoms with Gasteiger partial charge in [0.2, 0.25) is 0 Å². The summed E-state index contributed by atoms with van der Waals surface area (Å²) >= 11 is 0. The summed E-state index contributed by atoms with van der Waals surface area (Å²) in [5.74, 6) is 1.32. The first-order chi connectivity index (χ1) is 13.9. The lowest BCUT2D eigenvalue weighted by Crippen LogP contribution is -2.50. The topological polar surface area (TPSA) is 98.8 Å². The van der Waals surface area contributed by atoms with Gasteiger partial charge in [0.25, 0.3) is 5.91 Å². The highest BCUT2D eigenvalue weighted by atomic mass is 32.3. The van der Waals surface area contributed by atoms with E-state index in [0.717, 1.165) is 24.2 Å². The molecular weight excluding hydrogens is 390 g/mol. The molecule has 0 bridgehead atoms. The molecule has 2 fully saturated rings. The highest BCUT2D eigenvalue weighted by Gasteiger charge is 2.35. The zero-order valence-corrected chi connectivity index (χ0v) is 17.5. The number of nitrogens with one attached hydrogen (secondary N) is 1. The molecule has 1 aliphatic carbocycles. The van der Waals surface area contributed by atoms with E-state index in [-0.39, 0.29) is 19.4 Å². The number of nitrogens with zero attached hydrogens (tertiary/aromatic N) is 2. The van der Waals surface area contributed by atoms with Gasteiger partial charge in [-0.2, -0.15) is 0 Å². The molecule has 160 valence electrons. The summed E-state index contributed by atoms with van der Waals surface area (Å²) in [4.78, 5) is 12.5. The average Bonchev–Trinajstić information content (AvgIpc) is 3.43. The molecule has 0 spiro atoms. The Kier molecular flexibility index (Phi) is 5.96. The van der Waals surface area contributed by atoms with Crippen molar-refractivity contribution in [1.82, 2.24) is 14.8 Å². The van der Waals surface area contributed by atoms with Gasteiger partial charge in [-0.1, -0.05) is 35.5 Å². The molecule has 29 heavy (non-hydrogen) atoms. The number of benzene rings is 1. The number of rotatable bonds is 7. The lowest BCUT2D eigenvalue weighted by molar-refractivity contribution is 0.0903. The summed E-state index contributed by atoms with van der Waals surface area (Å²) in [6.45, 7) is 2.52. The van der Waals surface area contributed by atoms with Crippen molar-refractivity contribution in [2.45, 2.75) is 57.0 Å². The Morgan fingerprint density at radius 1 is 1.31 bits per heavy atom. The van der Waals surface area contributed by atoms with Crippen molar-refractivity contribution in [3.8, 4) is 0 Å². The van der Waals surface area contributed by atoms with Gasteiger partial charge in [0.05, 0.1) is 5.75 Å². The Balaban J connectivity index is 0.00000256. The van der Waals surface area contributed by atoms with Crippen LogP contribution in [0.1, 0.15) is 61.8 Å². The molecule has 1 aromatic carbocycles. The van der Waals surface area contributed by atoms with Crippen LogP contribution in [0.2, 0.25) is 0 Å². The van der Waals surface area contributed by atoms with Crippen molar-refractivity contribution >= 4 is 16.7 Å². The number of hydrogen-bond acceptors (Lipinski definition) is 6. The monoisotopic (exact) mass is 421 g/mol. The Bertz CT molecular complexity index is 844. The molecule has 1 aliphatic heterocycles. The predicted octanol–water partition coefficient (Wildman–Crippen LogP) is 4.29. The van der Waals surface area contributed by atoms with E-state index in [2.05, 4.69) is 10.5 Å². The summed E-state index contributed by atoms with van der Waals surface area (Å²) in [7, 11) is -2.84. The fourth-order valence-electron chi connectivity index (χ4n) is 3.95. The maximum Gasteiger partial charge on any atom is 0.273 e. The van der Waals surface area contributed by atoms with Gasteiger partial charge < -0.3 is 9.84 Å². The third-order valence-electron chi connectivity index (χ3n) is 5.77. The molecule has 2 atom stereocenters. The Hall–Kier alpha value is -1.87. The molecule has 2 heterocycles. The van der Waals surface area contributed by atoms with Crippen LogP contribution < -0.4 is 5.32 Å². The first-order valence-electron chi connectivity index (χ1n) is 10.3. The van der Waals surface area contributed by atoms with E-state index < -0.39 is 10.8 Å². The van der Waals surface area contributed by atoms with Gasteiger partial charge in [0.1, 0.15) is 5.76 Å². The molecule has 4 rings (SSSR count). The number of carbonyl (C=O) groups excluding carboxylic acids is 1. The highest BCUT2D eigenvalue weighted by molar-refractivity contribution is 8.22. The van der Waals surface area contributed by atoms with Crippen molar-refractivity contribution in [1.29, 1.82) is 0 Å². The van der Waals surface area contributed by atoms with Crippen molar-refractivity contribution in [2.75, 3.05) is 12.3 Å². The third kappa shape index (κ3) is 5.01. The van der Waals surface area contributed by atoms with Crippen LogP contribution in [0.15, 0.2) is 40.9 Å². The molecule has 2 aromatic rings. The SMILES string of the molecule is C[C@H]1C[C@@H](NC(=O)c2cc(C3CC3)on2)CCN1S(O)(O)CCc1ccccc1.[HH]. The Morgan fingerprint density at radius 2 is 2.07 bits per heavy atom. The predicted molar refractivity (Wildman–Crippen MR) is 115 cm³/mol. The van der Waals surface area contributed by atoms with Crippen LogP contribution in [0.4, 0.5) is 0 Å². The van der Waals surface area contributed by atoms with Gasteiger partial charge in [-0.15, -0.1) is 10.8 Å². The second-order valence-corrected chi connectivity index (χ2v) is 10.3. The van der Waals surface area contributed by atoms with Crippen molar-refractivity contribution in [3.63, 3.8) is 0 Å². The fraction of sp³-hybridized carbons (Fsp3) is 0.524. The standard InChI is InChI=1S/C21H29N3O4S.H2/c1-15-13-18(22-21(25)19-14-20(28-23-19)17-7-8-17)9-11-24(15)29(26,27)12-10-16-5-3-2-4-6-16;/h2-6,14-15,17-18,26-27H,7-13H2,1H3,(H,22,25);1H/t15-,18-;/m0./s1. The molecule has 7 nitrogen and oxygen atoms in total. The summed E-state index contributed by atoms with van der Waals surface area (Å²) in [5.41, 5.74) is 1.43. The van der Waals surface area contributed by atoms with Gasteiger partial charge in [-0.3, -0.25) is 13.9 Å². The minimum absolute atomic E-state index is 0. The first-order valence-corrected chi connectivity index (χ1v) is 11.9. The smallest absolute Gasteiger partial charge is 0.273 e. The van der Waals surface area contributed by atoms with Crippen molar-refractivity contribution in [2.24, 2.45) is 0 Å². The lowest BCUT2D eigenvalue weighted by Gasteiger charge is -2.49. The Morgan fingerprint density at radius 3 is 2.76 bits per heavy atom. The van der Waals surface area contributed by atoms with Crippen LogP contribution >= 0.6 is 10.8 Å². The molecule has 0 radical (unpaired) electrons. The summed E-state index contributed by atoms with van der Waals surface area (Å²) in [6.07, 6.45) is 4.17. The van der Waals surface area contributed by atoms with Gasteiger partial charge >= 0.3 is 0 Å². The zero-order valence-electron chi connectivity index (χ0n) is 16.7. The number of hydrogen-bond donors (Lipinski definition) is 3. The van der Waals surface area contributed by atoms with Gasteiger partial charge in [-0.05, 0) is 44.6 Å². The second-order valence-electron chi connectivity index (χ2n) is 8.15. The van der Waals surface area contributed by atoms with Crippen LogP contribution in [-0.2, 0) is 6.42 Å². The molecule has 1 saturated carbocycles. The molecule has 8 heteroatoms. The number of piperidine rings is 1. The molecule has 0 unspecified atom stereocenters. The second kappa shape index (κ2) is 8.47. The zero-order chi connectivity index (χ0) is 20.4. The maximum atomic E-state index is 12.5. The van der Waals surface area contributed by atoms with Crippen LogP contribution in [0, 0.1) is 0 Å². The summed E-state index contributed by atoms with van der Waals surface area (Å²) < 4.78 is 28.5. The fourth-order valence-corrected chi connectivity index (χ4v) is 5.75.